The standard InChI is InChI=1S/C18H24N4O3/c1-14-6-5-7-15(12-14)25-11-9-19-17(23)13-22-18(24)21-10-4-2-3-8-16(21)20-22/h5-7,12H,2-4,8-11,13H2,1H3,(H,19,23). The molecule has 1 amide bonds. The number of rotatable bonds is 6. The lowest BCUT2D eigenvalue weighted by Crippen LogP contribution is -2.35. The number of nitrogens with zero attached hydrogens (tertiary/aromatic N) is 3. The summed E-state index contributed by atoms with van der Waals surface area (Å²) in [6.45, 7) is 3.40. The van der Waals surface area contributed by atoms with Crippen LogP contribution in [0.4, 0.5) is 0 Å². The van der Waals surface area contributed by atoms with Crippen LogP contribution in [0.25, 0.3) is 0 Å². The first-order chi connectivity index (χ1) is 12.1. The molecule has 0 aliphatic carbocycles. The summed E-state index contributed by atoms with van der Waals surface area (Å²) in [6, 6.07) is 7.75. The number of aryl methyl sites for hydroxylation is 2. The van der Waals surface area contributed by atoms with Gasteiger partial charge in [-0.15, -0.1) is 0 Å². The summed E-state index contributed by atoms with van der Waals surface area (Å²) in [5.74, 6) is 1.34. The highest BCUT2D eigenvalue weighted by molar-refractivity contribution is 5.75. The Bertz CT molecular complexity index is 794. The molecule has 0 fully saturated rings. The van der Waals surface area contributed by atoms with Crippen molar-refractivity contribution in [3.63, 3.8) is 0 Å². The summed E-state index contributed by atoms with van der Waals surface area (Å²) >= 11 is 0. The number of hydrogen-bond donors (Lipinski definition) is 1. The van der Waals surface area contributed by atoms with Gasteiger partial charge in [0.2, 0.25) is 5.91 Å². The van der Waals surface area contributed by atoms with Gasteiger partial charge in [-0.1, -0.05) is 18.6 Å². The van der Waals surface area contributed by atoms with Gasteiger partial charge in [0, 0.05) is 13.0 Å². The molecule has 7 nitrogen and oxygen atoms in total. The third kappa shape index (κ3) is 4.49. The van der Waals surface area contributed by atoms with E-state index >= 15 is 0 Å². The lowest BCUT2D eigenvalue weighted by atomic mass is 10.2. The fourth-order valence-corrected chi connectivity index (χ4v) is 2.98. The quantitative estimate of drug-likeness (QED) is 0.801. The Balaban J connectivity index is 1.47. The molecule has 134 valence electrons. The van der Waals surface area contributed by atoms with Crippen LogP contribution in [0, 0.1) is 6.92 Å². The minimum Gasteiger partial charge on any atom is -0.492 e. The van der Waals surface area contributed by atoms with Crippen molar-refractivity contribution >= 4 is 5.91 Å². The number of benzene rings is 1. The Morgan fingerprint density at radius 1 is 1.32 bits per heavy atom. The summed E-state index contributed by atoms with van der Waals surface area (Å²) < 4.78 is 8.55. The number of fused-ring (bicyclic) bond motifs is 1. The third-order valence-corrected chi connectivity index (χ3v) is 4.26. The van der Waals surface area contributed by atoms with Crippen LogP contribution >= 0.6 is 0 Å². The first-order valence-corrected chi connectivity index (χ1v) is 8.76. The van der Waals surface area contributed by atoms with Crippen LogP contribution in [0.5, 0.6) is 5.75 Å². The second kappa shape index (κ2) is 8.00. The zero-order valence-electron chi connectivity index (χ0n) is 14.5. The van der Waals surface area contributed by atoms with E-state index in [1.54, 1.807) is 4.57 Å². The van der Waals surface area contributed by atoms with Gasteiger partial charge >= 0.3 is 5.69 Å². The van der Waals surface area contributed by atoms with Crippen LogP contribution in [0.2, 0.25) is 0 Å². The summed E-state index contributed by atoms with van der Waals surface area (Å²) in [7, 11) is 0. The van der Waals surface area contributed by atoms with E-state index in [4.69, 9.17) is 4.74 Å². The van der Waals surface area contributed by atoms with Gasteiger partial charge in [0.15, 0.2) is 0 Å². The number of amides is 1. The molecule has 1 N–H and O–H groups in total. The third-order valence-electron chi connectivity index (χ3n) is 4.26. The van der Waals surface area contributed by atoms with Crippen LogP contribution in [0.15, 0.2) is 29.1 Å². The first-order valence-electron chi connectivity index (χ1n) is 8.76. The summed E-state index contributed by atoms with van der Waals surface area (Å²) in [6.07, 6.45) is 3.94. The monoisotopic (exact) mass is 344 g/mol. The average molecular weight is 344 g/mol. The largest absolute Gasteiger partial charge is 0.492 e. The Morgan fingerprint density at radius 2 is 2.20 bits per heavy atom. The van der Waals surface area contributed by atoms with E-state index in [1.165, 1.54) is 4.68 Å². The van der Waals surface area contributed by atoms with Crippen molar-refractivity contribution in [1.29, 1.82) is 0 Å². The highest BCUT2D eigenvalue weighted by Crippen LogP contribution is 2.12. The predicted molar refractivity (Wildman–Crippen MR) is 93.7 cm³/mol. The van der Waals surface area contributed by atoms with Crippen LogP contribution < -0.4 is 15.7 Å². The molecule has 1 aliphatic rings. The molecule has 0 radical (unpaired) electrons. The molecule has 2 aromatic rings. The van der Waals surface area contributed by atoms with Gasteiger partial charge in [0.25, 0.3) is 0 Å². The minimum absolute atomic E-state index is 0.0523. The van der Waals surface area contributed by atoms with Gasteiger partial charge in [-0.2, -0.15) is 5.10 Å². The molecule has 0 atom stereocenters. The van der Waals surface area contributed by atoms with Gasteiger partial charge in [-0.25, -0.2) is 9.48 Å². The van der Waals surface area contributed by atoms with E-state index in [2.05, 4.69) is 10.4 Å². The Morgan fingerprint density at radius 3 is 3.04 bits per heavy atom. The van der Waals surface area contributed by atoms with Crippen molar-refractivity contribution in [3.8, 4) is 5.75 Å². The lowest BCUT2D eigenvalue weighted by Gasteiger charge is -2.08. The van der Waals surface area contributed by atoms with Gasteiger partial charge in [0.1, 0.15) is 24.7 Å². The number of nitrogens with one attached hydrogen (secondary N) is 1. The van der Waals surface area contributed by atoms with E-state index in [-0.39, 0.29) is 18.1 Å². The number of carbonyl (C=O) groups is 1. The maximum absolute atomic E-state index is 12.3. The molecular formula is C18H24N4O3. The molecule has 0 saturated carbocycles. The molecule has 0 unspecified atom stereocenters. The number of ether oxygens (including phenoxy) is 1. The molecule has 2 heterocycles. The number of hydrogen-bond acceptors (Lipinski definition) is 4. The molecule has 1 aliphatic heterocycles. The lowest BCUT2D eigenvalue weighted by molar-refractivity contribution is -0.122. The Labute approximate surface area is 146 Å². The van der Waals surface area contributed by atoms with Crippen molar-refractivity contribution in [2.45, 2.75) is 45.7 Å². The fraction of sp³-hybridized carbons (Fsp3) is 0.500. The van der Waals surface area contributed by atoms with Crippen molar-refractivity contribution in [2.24, 2.45) is 0 Å². The second-order valence-corrected chi connectivity index (χ2v) is 6.33. The molecule has 7 heteroatoms. The predicted octanol–water partition coefficient (Wildman–Crippen LogP) is 1.27. The average Bonchev–Trinajstić information content (AvgIpc) is 2.76. The van der Waals surface area contributed by atoms with E-state index in [9.17, 15) is 9.59 Å². The highest BCUT2D eigenvalue weighted by Gasteiger charge is 2.17. The van der Waals surface area contributed by atoms with Crippen LogP contribution in [-0.4, -0.2) is 33.4 Å². The van der Waals surface area contributed by atoms with Gasteiger partial charge < -0.3 is 10.1 Å². The van der Waals surface area contributed by atoms with Crippen LogP contribution in [0.1, 0.15) is 30.7 Å². The fourth-order valence-electron chi connectivity index (χ4n) is 2.98. The van der Waals surface area contributed by atoms with E-state index in [0.717, 1.165) is 42.8 Å². The molecule has 0 saturated heterocycles. The van der Waals surface area contributed by atoms with Crippen molar-refractivity contribution < 1.29 is 9.53 Å². The highest BCUT2D eigenvalue weighted by atomic mass is 16.5. The van der Waals surface area contributed by atoms with Crippen LogP contribution in [0.3, 0.4) is 0 Å². The normalized spacial score (nSPS) is 13.8. The molecule has 25 heavy (non-hydrogen) atoms. The number of aromatic nitrogens is 3. The zero-order valence-corrected chi connectivity index (χ0v) is 14.5. The molecular weight excluding hydrogens is 320 g/mol. The van der Waals surface area contributed by atoms with E-state index in [1.807, 2.05) is 31.2 Å². The molecule has 3 rings (SSSR count). The van der Waals surface area contributed by atoms with Gasteiger partial charge in [-0.3, -0.25) is 9.36 Å². The smallest absolute Gasteiger partial charge is 0.346 e. The summed E-state index contributed by atoms with van der Waals surface area (Å²) in [5.41, 5.74) is 0.934. The maximum Gasteiger partial charge on any atom is 0.346 e. The summed E-state index contributed by atoms with van der Waals surface area (Å²) in [4.78, 5) is 24.3. The van der Waals surface area contributed by atoms with Crippen molar-refractivity contribution in [2.75, 3.05) is 13.2 Å². The summed E-state index contributed by atoms with van der Waals surface area (Å²) in [5, 5.41) is 7.07. The Hall–Kier alpha value is -2.57. The zero-order chi connectivity index (χ0) is 17.6. The van der Waals surface area contributed by atoms with Crippen molar-refractivity contribution in [1.82, 2.24) is 19.7 Å². The van der Waals surface area contributed by atoms with E-state index < -0.39 is 0 Å². The second-order valence-electron chi connectivity index (χ2n) is 6.33. The van der Waals surface area contributed by atoms with Gasteiger partial charge in [-0.05, 0) is 37.5 Å². The molecule has 1 aromatic carbocycles. The minimum atomic E-state index is -0.233. The molecule has 1 aromatic heterocycles. The van der Waals surface area contributed by atoms with Gasteiger partial charge in [0.05, 0.1) is 6.54 Å². The Kier molecular flexibility index (Phi) is 5.53. The first kappa shape index (κ1) is 17.3. The molecule has 0 bridgehead atoms. The SMILES string of the molecule is Cc1cccc(OCCNC(=O)Cn2nc3n(c2=O)CCCCC3)c1. The topological polar surface area (TPSA) is 78.2 Å². The van der Waals surface area contributed by atoms with E-state index in [0.29, 0.717) is 19.7 Å². The molecule has 0 spiro atoms. The maximum atomic E-state index is 12.3. The van der Waals surface area contributed by atoms with Crippen molar-refractivity contribution in [3.05, 3.63) is 46.1 Å². The van der Waals surface area contributed by atoms with Crippen LogP contribution in [-0.2, 0) is 24.3 Å². The number of carbonyl (C=O) groups excluding carboxylic acids is 1.